The molecule has 2 heterocycles. The van der Waals surface area contributed by atoms with E-state index < -0.39 is 15.9 Å². The van der Waals surface area contributed by atoms with Gasteiger partial charge < -0.3 is 10.2 Å². The molecule has 0 aliphatic carbocycles. The molecule has 160 valence electrons. The highest BCUT2D eigenvalue weighted by Gasteiger charge is 2.35. The van der Waals surface area contributed by atoms with Gasteiger partial charge in [-0.15, -0.1) is 0 Å². The molecule has 2 amide bonds. The number of nitrogens with one attached hydrogen (secondary N) is 1. The second-order valence-electron chi connectivity index (χ2n) is 7.14. The van der Waals surface area contributed by atoms with Crippen molar-refractivity contribution in [1.82, 2.24) is 9.29 Å². The lowest BCUT2D eigenvalue weighted by molar-refractivity contribution is -0.122. The van der Waals surface area contributed by atoms with Crippen LogP contribution in [0.5, 0.6) is 0 Å². The molecule has 1 aliphatic rings. The number of aromatic nitrogens is 1. The molecule has 1 aliphatic heterocycles. The Morgan fingerprint density at radius 3 is 2.43 bits per heavy atom. The molecular formula is C21H26N4O4S. The quantitative estimate of drug-likeness (QED) is 0.727. The van der Waals surface area contributed by atoms with E-state index in [0.29, 0.717) is 24.6 Å². The van der Waals surface area contributed by atoms with E-state index >= 15 is 0 Å². The molecule has 1 N–H and O–H groups in total. The first-order valence-corrected chi connectivity index (χ1v) is 11.3. The number of nitrogens with zero attached hydrogens (tertiary/aromatic N) is 3. The highest BCUT2D eigenvalue weighted by atomic mass is 32.2. The van der Waals surface area contributed by atoms with Crippen molar-refractivity contribution >= 4 is 33.3 Å². The molecule has 1 saturated heterocycles. The zero-order chi connectivity index (χ0) is 21.9. The topological polar surface area (TPSA) is 99.7 Å². The van der Waals surface area contributed by atoms with Gasteiger partial charge in [-0.05, 0) is 43.3 Å². The molecule has 1 aromatic carbocycles. The van der Waals surface area contributed by atoms with Crippen molar-refractivity contribution in [2.45, 2.75) is 32.1 Å². The maximum atomic E-state index is 12.6. The number of anilines is 2. The number of rotatable bonds is 7. The van der Waals surface area contributed by atoms with Gasteiger partial charge >= 0.3 is 0 Å². The van der Waals surface area contributed by atoms with Crippen LogP contribution in [-0.4, -0.2) is 49.2 Å². The van der Waals surface area contributed by atoms with Crippen LogP contribution in [0.25, 0.3) is 0 Å². The number of sulfonamides is 1. The SMILES string of the molecule is CCN(CC)S(=O)(=O)c1ccc(N2CC(C(=O)Nc3cccc(C)n3)CC2=O)cc1. The fourth-order valence-corrected chi connectivity index (χ4v) is 4.94. The molecule has 3 rings (SSSR count). The van der Waals surface area contributed by atoms with Crippen LogP contribution in [-0.2, 0) is 19.6 Å². The molecule has 1 fully saturated rings. The van der Waals surface area contributed by atoms with Gasteiger partial charge in [0.1, 0.15) is 5.82 Å². The third-order valence-corrected chi connectivity index (χ3v) is 7.19. The Hall–Kier alpha value is -2.78. The monoisotopic (exact) mass is 430 g/mol. The summed E-state index contributed by atoms with van der Waals surface area (Å²) in [5, 5.41) is 2.76. The van der Waals surface area contributed by atoms with Crippen molar-refractivity contribution in [1.29, 1.82) is 0 Å². The molecule has 30 heavy (non-hydrogen) atoms. The second kappa shape index (κ2) is 8.93. The summed E-state index contributed by atoms with van der Waals surface area (Å²) in [4.78, 5) is 31.0. The number of carbonyl (C=O) groups excluding carboxylic acids is 2. The lowest BCUT2D eigenvalue weighted by Gasteiger charge is -2.20. The minimum atomic E-state index is -3.56. The number of carbonyl (C=O) groups is 2. The average Bonchev–Trinajstić information content (AvgIpc) is 3.11. The molecule has 2 aromatic rings. The van der Waals surface area contributed by atoms with Crippen molar-refractivity contribution < 1.29 is 18.0 Å². The highest BCUT2D eigenvalue weighted by Crippen LogP contribution is 2.27. The summed E-state index contributed by atoms with van der Waals surface area (Å²) in [5.41, 5.74) is 1.36. The Bertz CT molecular complexity index is 1030. The highest BCUT2D eigenvalue weighted by molar-refractivity contribution is 7.89. The molecular weight excluding hydrogens is 404 g/mol. The Kier molecular flexibility index (Phi) is 6.52. The minimum Gasteiger partial charge on any atom is -0.312 e. The Morgan fingerprint density at radius 2 is 1.83 bits per heavy atom. The first-order valence-electron chi connectivity index (χ1n) is 9.91. The van der Waals surface area contributed by atoms with Gasteiger partial charge in [-0.3, -0.25) is 9.59 Å². The molecule has 0 spiro atoms. The van der Waals surface area contributed by atoms with Gasteiger partial charge in [0.15, 0.2) is 0 Å². The molecule has 0 radical (unpaired) electrons. The van der Waals surface area contributed by atoms with E-state index in [4.69, 9.17) is 0 Å². The standard InChI is InChI=1S/C21H26N4O4S/c1-4-24(5-2)30(28,29)18-11-9-17(10-12-18)25-14-16(13-20(25)26)21(27)23-19-8-6-7-15(3)22-19/h6-12,16H,4-5,13-14H2,1-3H3,(H,22,23,27). The zero-order valence-corrected chi connectivity index (χ0v) is 18.1. The van der Waals surface area contributed by atoms with Crippen LogP contribution in [0, 0.1) is 12.8 Å². The number of hydrogen-bond donors (Lipinski definition) is 1. The van der Waals surface area contributed by atoms with Crippen LogP contribution < -0.4 is 10.2 Å². The van der Waals surface area contributed by atoms with E-state index in [-0.39, 0.29) is 29.7 Å². The molecule has 1 atom stereocenters. The first kappa shape index (κ1) is 21.9. The van der Waals surface area contributed by atoms with Crippen LogP contribution >= 0.6 is 0 Å². The predicted octanol–water partition coefficient (Wildman–Crippen LogP) is 2.41. The third kappa shape index (κ3) is 4.52. The Morgan fingerprint density at radius 1 is 1.17 bits per heavy atom. The normalized spacial score (nSPS) is 16.9. The van der Waals surface area contributed by atoms with E-state index in [0.717, 1.165) is 5.69 Å². The molecule has 0 saturated carbocycles. The van der Waals surface area contributed by atoms with Crippen LogP contribution in [0.3, 0.4) is 0 Å². The van der Waals surface area contributed by atoms with Gasteiger partial charge in [-0.25, -0.2) is 13.4 Å². The van der Waals surface area contributed by atoms with Gasteiger partial charge in [-0.1, -0.05) is 19.9 Å². The van der Waals surface area contributed by atoms with Crippen LogP contribution in [0.4, 0.5) is 11.5 Å². The van der Waals surface area contributed by atoms with Gasteiger partial charge in [-0.2, -0.15) is 4.31 Å². The van der Waals surface area contributed by atoms with Gasteiger partial charge in [0.25, 0.3) is 0 Å². The summed E-state index contributed by atoms with van der Waals surface area (Å²) in [7, 11) is -3.56. The van der Waals surface area contributed by atoms with Crippen LogP contribution in [0.2, 0.25) is 0 Å². The van der Waals surface area contributed by atoms with Crippen LogP contribution in [0.1, 0.15) is 26.0 Å². The molecule has 1 unspecified atom stereocenters. The summed E-state index contributed by atoms with van der Waals surface area (Å²) in [5.74, 6) is -0.480. The Labute approximate surface area is 177 Å². The van der Waals surface area contributed by atoms with E-state index in [9.17, 15) is 18.0 Å². The molecule has 8 nitrogen and oxygen atoms in total. The van der Waals surface area contributed by atoms with E-state index in [1.807, 2.05) is 13.0 Å². The van der Waals surface area contributed by atoms with E-state index in [1.54, 1.807) is 38.1 Å². The third-order valence-electron chi connectivity index (χ3n) is 5.13. The van der Waals surface area contributed by atoms with Crippen molar-refractivity contribution in [2.24, 2.45) is 5.92 Å². The maximum Gasteiger partial charge on any atom is 0.243 e. The predicted molar refractivity (Wildman–Crippen MR) is 115 cm³/mol. The molecule has 1 aromatic heterocycles. The van der Waals surface area contributed by atoms with Crippen molar-refractivity contribution in [3.8, 4) is 0 Å². The zero-order valence-electron chi connectivity index (χ0n) is 17.3. The number of hydrogen-bond acceptors (Lipinski definition) is 5. The summed E-state index contributed by atoms with van der Waals surface area (Å²) in [6, 6.07) is 11.6. The average molecular weight is 431 g/mol. The molecule has 0 bridgehead atoms. The van der Waals surface area contributed by atoms with Crippen molar-refractivity contribution in [2.75, 3.05) is 29.9 Å². The van der Waals surface area contributed by atoms with Gasteiger partial charge in [0, 0.05) is 37.4 Å². The number of aryl methyl sites for hydroxylation is 1. The lowest BCUT2D eigenvalue weighted by atomic mass is 10.1. The minimum absolute atomic E-state index is 0.0944. The van der Waals surface area contributed by atoms with E-state index in [1.165, 1.54) is 21.3 Å². The first-order chi connectivity index (χ1) is 14.3. The Balaban J connectivity index is 1.71. The lowest BCUT2D eigenvalue weighted by Crippen LogP contribution is -2.31. The smallest absolute Gasteiger partial charge is 0.243 e. The fourth-order valence-electron chi connectivity index (χ4n) is 3.48. The number of amides is 2. The fraction of sp³-hybridized carbons (Fsp3) is 0.381. The summed E-state index contributed by atoms with van der Waals surface area (Å²) in [6.07, 6.45) is 0.0944. The van der Waals surface area contributed by atoms with Crippen molar-refractivity contribution in [3.05, 3.63) is 48.2 Å². The summed E-state index contributed by atoms with van der Waals surface area (Å²) < 4.78 is 26.6. The summed E-state index contributed by atoms with van der Waals surface area (Å²) >= 11 is 0. The van der Waals surface area contributed by atoms with Crippen molar-refractivity contribution in [3.63, 3.8) is 0 Å². The second-order valence-corrected chi connectivity index (χ2v) is 9.08. The summed E-state index contributed by atoms with van der Waals surface area (Å²) in [6.45, 7) is 6.42. The van der Waals surface area contributed by atoms with E-state index in [2.05, 4.69) is 10.3 Å². The van der Waals surface area contributed by atoms with Gasteiger partial charge in [0.05, 0.1) is 10.8 Å². The largest absolute Gasteiger partial charge is 0.312 e. The number of benzene rings is 1. The molecule has 9 heteroatoms. The van der Waals surface area contributed by atoms with Crippen LogP contribution in [0.15, 0.2) is 47.4 Å². The van der Waals surface area contributed by atoms with Gasteiger partial charge in [0.2, 0.25) is 21.8 Å². The maximum absolute atomic E-state index is 12.6. The number of pyridine rings is 1.